The summed E-state index contributed by atoms with van der Waals surface area (Å²) < 4.78 is 5.69. The van der Waals surface area contributed by atoms with Crippen molar-refractivity contribution < 1.29 is 19.4 Å². The molecule has 144 valence electrons. The minimum Gasteiger partial charge on any atom is -0.462 e. The molecule has 1 heterocycles. The van der Waals surface area contributed by atoms with Gasteiger partial charge in [0.2, 0.25) is 0 Å². The number of Topliss-reactive ketones (excluding diaryl/α,β-unsaturated/α-hetero) is 1. The average molecular weight is 353 g/mol. The molecule has 0 fully saturated rings. The van der Waals surface area contributed by atoms with E-state index in [1.165, 1.54) is 0 Å². The van der Waals surface area contributed by atoms with Crippen molar-refractivity contribution in [3.05, 3.63) is 11.6 Å². The summed E-state index contributed by atoms with van der Waals surface area (Å²) in [5.74, 6) is -0.450. The number of ketones is 1. The van der Waals surface area contributed by atoms with E-state index in [0.29, 0.717) is 6.42 Å². The normalized spacial score (nSPS) is 41.4. The molecule has 4 heteroatoms. The Morgan fingerprint density at radius 2 is 1.64 bits per heavy atom. The molecule has 4 nitrogen and oxygen atoms in total. The number of hydrogen-bond acceptors (Lipinski definition) is 4. The second-order valence-corrected chi connectivity index (χ2v) is 8.16. The first kappa shape index (κ1) is 21.9. The number of carbonyl (C=O) groups is 2. The first-order chi connectivity index (χ1) is 11.6. The molecule has 7 atom stereocenters. The maximum Gasteiger partial charge on any atom is 0.311 e. The van der Waals surface area contributed by atoms with E-state index < -0.39 is 12.0 Å². The third kappa shape index (κ3) is 5.95. The molecule has 1 N–H and O–H groups in total. The molecular weight excluding hydrogens is 316 g/mol. The minimum absolute atomic E-state index is 0.0126. The minimum atomic E-state index is -0.851. The van der Waals surface area contributed by atoms with Gasteiger partial charge in [0.05, 0.1) is 12.0 Å². The molecule has 0 spiro atoms. The van der Waals surface area contributed by atoms with Crippen LogP contribution in [-0.2, 0) is 14.3 Å². The number of rotatable bonds is 1. The van der Waals surface area contributed by atoms with Gasteiger partial charge in [-0.1, -0.05) is 40.7 Å². The van der Waals surface area contributed by atoms with E-state index in [-0.39, 0.29) is 41.5 Å². The van der Waals surface area contributed by atoms with Crippen molar-refractivity contribution in [2.24, 2.45) is 29.6 Å². The van der Waals surface area contributed by atoms with Gasteiger partial charge < -0.3 is 9.84 Å². The SMILES string of the molecule is CC[C@H]1OC(=O)[C@H](C)[C@@H](O)/C(C)=C/[C@@H](C)C[C@@H](C)C(=O)[C@H](C)C[C@H]1C. The highest BCUT2D eigenvalue weighted by atomic mass is 16.5. The maximum atomic E-state index is 12.7. The zero-order valence-corrected chi connectivity index (χ0v) is 16.9. The first-order valence-electron chi connectivity index (χ1n) is 9.68. The zero-order chi connectivity index (χ0) is 19.3. The summed E-state index contributed by atoms with van der Waals surface area (Å²) in [6.45, 7) is 13.6. The zero-order valence-electron chi connectivity index (χ0n) is 16.9. The summed E-state index contributed by atoms with van der Waals surface area (Å²) in [7, 11) is 0. The second-order valence-electron chi connectivity index (χ2n) is 8.16. The predicted octanol–water partition coefficient (Wildman–Crippen LogP) is 4.16. The summed E-state index contributed by atoms with van der Waals surface area (Å²) in [4.78, 5) is 25.1. The fourth-order valence-corrected chi connectivity index (χ4v) is 3.98. The quantitative estimate of drug-likeness (QED) is 0.568. The van der Waals surface area contributed by atoms with E-state index in [0.717, 1.165) is 18.4 Å². The highest BCUT2D eigenvalue weighted by Gasteiger charge is 2.31. The van der Waals surface area contributed by atoms with E-state index in [9.17, 15) is 14.7 Å². The lowest BCUT2D eigenvalue weighted by Crippen LogP contribution is -2.35. The van der Waals surface area contributed by atoms with Gasteiger partial charge in [0.25, 0.3) is 0 Å². The van der Waals surface area contributed by atoms with Gasteiger partial charge in [-0.3, -0.25) is 9.59 Å². The topological polar surface area (TPSA) is 63.6 Å². The van der Waals surface area contributed by atoms with Crippen molar-refractivity contribution in [1.82, 2.24) is 0 Å². The first-order valence-corrected chi connectivity index (χ1v) is 9.68. The van der Waals surface area contributed by atoms with E-state index in [2.05, 4.69) is 6.92 Å². The molecule has 0 amide bonds. The maximum absolute atomic E-state index is 12.7. The Balaban J connectivity index is 3.14. The van der Waals surface area contributed by atoms with Crippen LogP contribution in [0.15, 0.2) is 11.6 Å². The molecule has 1 aliphatic rings. The number of allylic oxidation sites excluding steroid dienone is 1. The predicted molar refractivity (Wildman–Crippen MR) is 100.0 cm³/mol. The number of carbonyl (C=O) groups excluding carboxylic acids is 2. The van der Waals surface area contributed by atoms with Crippen molar-refractivity contribution in [3.8, 4) is 0 Å². The number of ether oxygens (including phenoxy) is 1. The van der Waals surface area contributed by atoms with Crippen molar-refractivity contribution >= 4 is 11.8 Å². The molecule has 0 aromatic rings. The van der Waals surface area contributed by atoms with Gasteiger partial charge in [0.1, 0.15) is 11.9 Å². The number of aliphatic hydroxyl groups excluding tert-OH is 1. The van der Waals surface area contributed by atoms with E-state index in [1.807, 2.05) is 40.7 Å². The third-order valence-corrected chi connectivity index (χ3v) is 5.59. The Labute approximate surface area is 153 Å². The van der Waals surface area contributed by atoms with E-state index in [1.54, 1.807) is 6.92 Å². The molecule has 0 aromatic heterocycles. The molecule has 0 radical (unpaired) electrons. The molecule has 1 aliphatic heterocycles. The average Bonchev–Trinajstić information content (AvgIpc) is 2.55. The highest BCUT2D eigenvalue weighted by molar-refractivity contribution is 5.82. The number of cyclic esters (lactones) is 1. The molecule has 0 saturated carbocycles. The Morgan fingerprint density at radius 3 is 2.20 bits per heavy atom. The van der Waals surface area contributed by atoms with E-state index in [4.69, 9.17) is 4.74 Å². The van der Waals surface area contributed by atoms with Crippen molar-refractivity contribution in [2.45, 2.75) is 79.9 Å². The third-order valence-electron chi connectivity index (χ3n) is 5.59. The summed E-state index contributed by atoms with van der Waals surface area (Å²) >= 11 is 0. The van der Waals surface area contributed by atoms with Crippen LogP contribution in [0, 0.1) is 29.6 Å². The van der Waals surface area contributed by atoms with Crippen LogP contribution in [0.2, 0.25) is 0 Å². The smallest absolute Gasteiger partial charge is 0.311 e. The van der Waals surface area contributed by atoms with Crippen LogP contribution in [0.25, 0.3) is 0 Å². The van der Waals surface area contributed by atoms with Gasteiger partial charge in [-0.05, 0) is 50.5 Å². The highest BCUT2D eigenvalue weighted by Crippen LogP contribution is 2.28. The van der Waals surface area contributed by atoms with Crippen LogP contribution >= 0.6 is 0 Å². The molecule has 0 bridgehead atoms. The summed E-state index contributed by atoms with van der Waals surface area (Å²) in [6.07, 6.45) is 3.09. The molecular formula is C21H36O4. The molecule has 1 rings (SSSR count). The van der Waals surface area contributed by atoms with Crippen molar-refractivity contribution in [1.29, 1.82) is 0 Å². The van der Waals surface area contributed by atoms with Crippen LogP contribution in [0.3, 0.4) is 0 Å². The monoisotopic (exact) mass is 352 g/mol. The number of aliphatic hydroxyl groups is 1. The van der Waals surface area contributed by atoms with E-state index >= 15 is 0 Å². The van der Waals surface area contributed by atoms with Crippen LogP contribution in [0.4, 0.5) is 0 Å². The van der Waals surface area contributed by atoms with Crippen LogP contribution in [-0.4, -0.2) is 29.1 Å². The Hall–Kier alpha value is -1.16. The molecule has 0 aliphatic carbocycles. The van der Waals surface area contributed by atoms with Gasteiger partial charge in [-0.25, -0.2) is 0 Å². The van der Waals surface area contributed by atoms with Gasteiger partial charge in [0, 0.05) is 11.8 Å². The van der Waals surface area contributed by atoms with Gasteiger partial charge in [-0.2, -0.15) is 0 Å². The lowest BCUT2D eigenvalue weighted by molar-refractivity contribution is -0.159. The summed E-state index contributed by atoms with van der Waals surface area (Å²) in [6, 6.07) is 0. The molecule has 0 aromatic carbocycles. The molecule has 0 unspecified atom stereocenters. The van der Waals surface area contributed by atoms with Crippen molar-refractivity contribution in [2.75, 3.05) is 0 Å². The van der Waals surface area contributed by atoms with Crippen LogP contribution < -0.4 is 0 Å². The number of hydrogen-bond donors (Lipinski definition) is 1. The van der Waals surface area contributed by atoms with Gasteiger partial charge in [0.15, 0.2) is 0 Å². The fourth-order valence-electron chi connectivity index (χ4n) is 3.98. The standard InChI is InChI=1S/C21H36O4/c1-8-18-13(3)11-16(6)19(22)14(4)9-12(2)10-15(5)20(23)17(7)21(24)25-18/h10,12-14,16-18,20,23H,8-9,11H2,1-7H3/b15-10+/t12-,13+,14+,16+,17+,18+,20-/m0/s1. The van der Waals surface area contributed by atoms with Crippen molar-refractivity contribution in [3.63, 3.8) is 0 Å². The van der Waals surface area contributed by atoms with Gasteiger partial charge in [-0.15, -0.1) is 0 Å². The lowest BCUT2D eigenvalue weighted by atomic mass is 9.82. The Bertz CT molecular complexity index is 496. The molecule has 25 heavy (non-hydrogen) atoms. The summed E-state index contributed by atoms with van der Waals surface area (Å²) in [5.41, 5.74) is 0.766. The van der Waals surface area contributed by atoms with Crippen LogP contribution in [0.5, 0.6) is 0 Å². The lowest BCUT2D eigenvalue weighted by Gasteiger charge is -2.29. The largest absolute Gasteiger partial charge is 0.462 e. The molecule has 0 saturated heterocycles. The number of esters is 1. The second kappa shape index (κ2) is 9.51. The van der Waals surface area contributed by atoms with Crippen LogP contribution in [0.1, 0.15) is 67.7 Å². The Kier molecular flexibility index (Phi) is 8.33. The van der Waals surface area contributed by atoms with Gasteiger partial charge >= 0.3 is 5.97 Å². The fraction of sp³-hybridized carbons (Fsp3) is 0.810. The summed E-state index contributed by atoms with van der Waals surface area (Å²) in [5, 5.41) is 10.5. The Morgan fingerprint density at radius 1 is 1.08 bits per heavy atom.